The van der Waals surface area contributed by atoms with Crippen molar-refractivity contribution in [2.45, 2.75) is 96.5 Å². The number of hydrogen-bond donors (Lipinski definition) is 1. The lowest BCUT2D eigenvalue weighted by molar-refractivity contribution is -0.157. The van der Waals surface area contributed by atoms with E-state index in [9.17, 15) is 14.4 Å². The van der Waals surface area contributed by atoms with E-state index in [2.05, 4.69) is 5.32 Å². The molecule has 1 amide bonds. The van der Waals surface area contributed by atoms with Crippen LogP contribution in [0.4, 0.5) is 0 Å². The monoisotopic (exact) mass is 458 g/mol. The molecule has 2 aliphatic rings. The maximum atomic E-state index is 13.6. The second kappa shape index (κ2) is 12.2. The lowest BCUT2D eigenvalue weighted by atomic mass is 9.84. The number of carbonyl (C=O) groups excluding carboxylic acids is 3. The van der Waals surface area contributed by atoms with Gasteiger partial charge in [-0.1, -0.05) is 56.5 Å². The number of fused-ring (bicyclic) bond motifs is 1. The molecule has 182 valence electrons. The van der Waals surface area contributed by atoms with E-state index in [1.165, 1.54) is 0 Å². The topological polar surface area (TPSA) is 84.9 Å². The average molecular weight is 459 g/mol. The zero-order valence-electron chi connectivity index (χ0n) is 20.1. The van der Waals surface area contributed by atoms with Crippen LogP contribution in [0, 0.1) is 5.92 Å². The summed E-state index contributed by atoms with van der Waals surface area (Å²) in [5.41, 5.74) is 0.922. The second-order valence-corrected chi connectivity index (χ2v) is 9.18. The van der Waals surface area contributed by atoms with E-state index >= 15 is 0 Å². The summed E-state index contributed by atoms with van der Waals surface area (Å²) >= 11 is 0. The number of nitrogens with one attached hydrogen (secondary N) is 1. The Morgan fingerprint density at radius 2 is 1.82 bits per heavy atom. The number of ether oxygens (including phenoxy) is 2. The number of amides is 1. The molecule has 1 N–H and O–H groups in total. The zero-order valence-corrected chi connectivity index (χ0v) is 20.1. The Bertz CT molecular complexity index is 799. The van der Waals surface area contributed by atoms with Crippen molar-refractivity contribution in [3.8, 4) is 0 Å². The van der Waals surface area contributed by atoms with Gasteiger partial charge in [-0.3, -0.25) is 14.9 Å². The molecule has 0 aromatic heterocycles. The molecule has 33 heavy (non-hydrogen) atoms. The molecule has 0 spiro atoms. The predicted molar refractivity (Wildman–Crippen MR) is 125 cm³/mol. The first kappa shape index (κ1) is 25.2. The molecule has 1 aliphatic carbocycles. The van der Waals surface area contributed by atoms with Crippen molar-refractivity contribution in [1.82, 2.24) is 10.2 Å². The number of rotatable bonds is 10. The summed E-state index contributed by atoms with van der Waals surface area (Å²) in [4.78, 5) is 40.8. The molecule has 1 saturated carbocycles. The molecule has 7 heteroatoms. The lowest BCUT2D eigenvalue weighted by Gasteiger charge is -2.35. The van der Waals surface area contributed by atoms with Gasteiger partial charge >= 0.3 is 11.9 Å². The summed E-state index contributed by atoms with van der Waals surface area (Å²) in [7, 11) is 0. The molecule has 7 nitrogen and oxygen atoms in total. The van der Waals surface area contributed by atoms with Crippen molar-refractivity contribution in [3.05, 3.63) is 35.9 Å². The molecular weight excluding hydrogens is 420 g/mol. The lowest BCUT2D eigenvalue weighted by Crippen LogP contribution is -2.55. The summed E-state index contributed by atoms with van der Waals surface area (Å²) in [6.45, 7) is 6.03. The van der Waals surface area contributed by atoms with Crippen LogP contribution >= 0.6 is 0 Å². The highest BCUT2D eigenvalue weighted by Gasteiger charge is 2.49. The van der Waals surface area contributed by atoms with E-state index in [1.807, 2.05) is 37.3 Å². The Morgan fingerprint density at radius 3 is 2.52 bits per heavy atom. The molecule has 3 rings (SSSR count). The Labute approximate surface area is 197 Å². The molecule has 1 saturated heterocycles. The van der Waals surface area contributed by atoms with Crippen molar-refractivity contribution in [2.24, 2.45) is 5.92 Å². The van der Waals surface area contributed by atoms with Crippen LogP contribution in [-0.4, -0.2) is 53.5 Å². The van der Waals surface area contributed by atoms with Gasteiger partial charge in [0.05, 0.1) is 12.6 Å². The molecule has 1 aromatic carbocycles. The van der Waals surface area contributed by atoms with Gasteiger partial charge in [0.1, 0.15) is 18.7 Å². The Kier molecular flexibility index (Phi) is 9.30. The van der Waals surface area contributed by atoms with E-state index < -0.39 is 18.1 Å². The summed E-state index contributed by atoms with van der Waals surface area (Å²) in [6.07, 6.45) is 6.14. The first-order chi connectivity index (χ1) is 16.0. The first-order valence-corrected chi connectivity index (χ1v) is 12.4. The van der Waals surface area contributed by atoms with Gasteiger partial charge in [-0.15, -0.1) is 0 Å². The van der Waals surface area contributed by atoms with Crippen molar-refractivity contribution >= 4 is 17.8 Å². The van der Waals surface area contributed by atoms with Gasteiger partial charge in [-0.2, -0.15) is 0 Å². The molecule has 0 bridgehead atoms. The molecule has 1 aliphatic heterocycles. The van der Waals surface area contributed by atoms with Gasteiger partial charge in [0.25, 0.3) is 0 Å². The summed E-state index contributed by atoms with van der Waals surface area (Å²) in [6, 6.07) is 7.91. The predicted octanol–water partition coefficient (Wildman–Crippen LogP) is 3.60. The van der Waals surface area contributed by atoms with Gasteiger partial charge in [0, 0.05) is 6.04 Å². The van der Waals surface area contributed by atoms with Crippen molar-refractivity contribution < 1.29 is 23.9 Å². The van der Waals surface area contributed by atoms with Crippen LogP contribution in [0.2, 0.25) is 0 Å². The highest BCUT2D eigenvalue weighted by molar-refractivity contribution is 5.89. The molecule has 0 unspecified atom stereocenters. The number of esters is 2. The Morgan fingerprint density at radius 1 is 1.09 bits per heavy atom. The highest BCUT2D eigenvalue weighted by atomic mass is 16.5. The third kappa shape index (κ3) is 6.34. The van der Waals surface area contributed by atoms with E-state index in [1.54, 1.807) is 18.7 Å². The Hall–Kier alpha value is -2.41. The standard InChI is InChI=1S/C26H38N2O5/c1-4-11-21(25(30)32-5-2)27-18(3)24(29)28-22-15-10-9-14-20(22)16-23(28)26(31)33-17-19-12-7-6-8-13-19/h6-8,12-13,18,20-23,27H,4-5,9-11,14-17H2,1-3H3/t18-,20-,21-,22-,23-/m0/s1. The second-order valence-electron chi connectivity index (χ2n) is 9.18. The highest BCUT2D eigenvalue weighted by Crippen LogP contribution is 2.40. The smallest absolute Gasteiger partial charge is 0.329 e. The fraction of sp³-hybridized carbons (Fsp3) is 0.654. The number of carbonyl (C=O) groups is 3. The summed E-state index contributed by atoms with van der Waals surface area (Å²) in [5, 5.41) is 3.17. The molecule has 1 aromatic rings. The summed E-state index contributed by atoms with van der Waals surface area (Å²) < 4.78 is 10.8. The number of hydrogen-bond acceptors (Lipinski definition) is 6. The van der Waals surface area contributed by atoms with Crippen LogP contribution in [-0.2, 0) is 30.5 Å². The molecule has 2 fully saturated rings. The summed E-state index contributed by atoms with van der Waals surface area (Å²) in [5.74, 6) is -0.503. The van der Waals surface area contributed by atoms with E-state index in [4.69, 9.17) is 9.47 Å². The van der Waals surface area contributed by atoms with E-state index in [0.29, 0.717) is 25.4 Å². The third-order valence-corrected chi connectivity index (χ3v) is 6.81. The van der Waals surface area contributed by atoms with Crippen LogP contribution < -0.4 is 5.32 Å². The van der Waals surface area contributed by atoms with E-state index in [0.717, 1.165) is 37.7 Å². The van der Waals surface area contributed by atoms with Crippen molar-refractivity contribution in [3.63, 3.8) is 0 Å². The van der Waals surface area contributed by atoms with Crippen LogP contribution in [0.25, 0.3) is 0 Å². The largest absolute Gasteiger partial charge is 0.465 e. The van der Waals surface area contributed by atoms with Crippen LogP contribution in [0.5, 0.6) is 0 Å². The molecular formula is C26H38N2O5. The fourth-order valence-electron chi connectivity index (χ4n) is 5.21. The SMILES string of the molecule is CCC[C@H](N[C@@H](C)C(=O)N1[C@H](C(=O)OCc2ccccc2)C[C@@H]2CCCC[C@@H]21)C(=O)OCC. The van der Waals surface area contributed by atoms with Crippen molar-refractivity contribution in [2.75, 3.05) is 6.61 Å². The maximum absolute atomic E-state index is 13.6. The minimum absolute atomic E-state index is 0.0528. The number of nitrogens with zero attached hydrogens (tertiary/aromatic N) is 1. The van der Waals surface area contributed by atoms with Gasteiger partial charge < -0.3 is 14.4 Å². The number of benzene rings is 1. The van der Waals surface area contributed by atoms with Gasteiger partial charge in [-0.25, -0.2) is 4.79 Å². The molecule has 1 heterocycles. The van der Waals surface area contributed by atoms with Crippen LogP contribution in [0.1, 0.15) is 71.3 Å². The quantitative estimate of drug-likeness (QED) is 0.539. The Balaban J connectivity index is 1.72. The van der Waals surface area contributed by atoms with Crippen LogP contribution in [0.3, 0.4) is 0 Å². The van der Waals surface area contributed by atoms with Crippen molar-refractivity contribution in [1.29, 1.82) is 0 Å². The van der Waals surface area contributed by atoms with E-state index in [-0.39, 0.29) is 30.5 Å². The molecule has 5 atom stereocenters. The maximum Gasteiger partial charge on any atom is 0.329 e. The van der Waals surface area contributed by atoms with Gasteiger partial charge in [-0.05, 0) is 51.0 Å². The molecule has 0 radical (unpaired) electrons. The van der Waals surface area contributed by atoms with Gasteiger partial charge in [0.2, 0.25) is 5.91 Å². The minimum atomic E-state index is -0.601. The number of likely N-dealkylation sites (tertiary alicyclic amines) is 1. The van der Waals surface area contributed by atoms with Crippen LogP contribution in [0.15, 0.2) is 30.3 Å². The van der Waals surface area contributed by atoms with Gasteiger partial charge in [0.15, 0.2) is 0 Å². The normalized spacial score (nSPS) is 24.0. The minimum Gasteiger partial charge on any atom is -0.465 e. The zero-order chi connectivity index (χ0) is 23.8. The third-order valence-electron chi connectivity index (χ3n) is 6.81. The average Bonchev–Trinajstić information content (AvgIpc) is 3.22. The first-order valence-electron chi connectivity index (χ1n) is 12.4. The fourth-order valence-corrected chi connectivity index (χ4v) is 5.21.